The summed E-state index contributed by atoms with van der Waals surface area (Å²) in [6.07, 6.45) is 4.54. The zero-order valence-electron chi connectivity index (χ0n) is 19.7. The van der Waals surface area contributed by atoms with E-state index in [0.717, 1.165) is 24.8 Å². The van der Waals surface area contributed by atoms with E-state index in [4.69, 9.17) is 4.74 Å². The molecule has 0 spiro atoms. The van der Waals surface area contributed by atoms with Crippen LogP contribution in [-0.2, 0) is 13.7 Å². The predicted molar refractivity (Wildman–Crippen MR) is 130 cm³/mol. The van der Waals surface area contributed by atoms with Crippen molar-refractivity contribution in [1.29, 1.82) is 0 Å². The number of nitro benzene ring substituents is 1. The standard InChI is InChI=1S/C25H27N5O5/c1-17-13-20(9-10-22(17)30(33)34)35-16-18-7-6-8-19(14-18)24(31)27-21-15-26-28(2)23(21)25(32)29-11-4-3-5-12-29/h6-10,13-15H,3-5,11-12,16H2,1-2H3,(H,27,31). The first-order valence-electron chi connectivity index (χ1n) is 11.4. The number of carbonyl (C=O) groups is 2. The highest BCUT2D eigenvalue weighted by atomic mass is 16.6. The number of rotatable bonds is 7. The molecule has 1 aromatic heterocycles. The fraction of sp³-hybridized carbons (Fsp3) is 0.320. The molecule has 1 aliphatic rings. The van der Waals surface area contributed by atoms with Crippen LogP contribution in [0.25, 0.3) is 0 Å². The second-order valence-corrected chi connectivity index (χ2v) is 8.53. The van der Waals surface area contributed by atoms with E-state index in [9.17, 15) is 19.7 Å². The maximum atomic E-state index is 13.0. The number of hydrogen-bond donors (Lipinski definition) is 1. The predicted octanol–water partition coefficient (Wildman–Crippen LogP) is 4.09. The third-order valence-electron chi connectivity index (χ3n) is 5.99. The number of nitrogens with zero attached hydrogens (tertiary/aromatic N) is 4. The van der Waals surface area contributed by atoms with Crippen molar-refractivity contribution in [2.75, 3.05) is 18.4 Å². The van der Waals surface area contributed by atoms with Crippen molar-refractivity contribution in [3.8, 4) is 5.75 Å². The van der Waals surface area contributed by atoms with Crippen LogP contribution in [0.3, 0.4) is 0 Å². The normalized spacial score (nSPS) is 13.4. The van der Waals surface area contributed by atoms with Gasteiger partial charge in [-0.25, -0.2) is 0 Å². The Morgan fingerprint density at radius 2 is 1.91 bits per heavy atom. The minimum atomic E-state index is -0.436. The first-order valence-corrected chi connectivity index (χ1v) is 11.4. The Morgan fingerprint density at radius 3 is 2.63 bits per heavy atom. The lowest BCUT2D eigenvalue weighted by Gasteiger charge is -2.27. The van der Waals surface area contributed by atoms with Gasteiger partial charge in [0.25, 0.3) is 17.5 Å². The highest BCUT2D eigenvalue weighted by Gasteiger charge is 2.25. The summed E-state index contributed by atoms with van der Waals surface area (Å²) in [5.74, 6) is -0.00144. The van der Waals surface area contributed by atoms with E-state index in [2.05, 4.69) is 10.4 Å². The molecule has 35 heavy (non-hydrogen) atoms. The number of ether oxygens (including phenoxy) is 1. The number of carbonyl (C=O) groups excluding carboxylic acids is 2. The first kappa shape index (κ1) is 23.9. The van der Waals surface area contributed by atoms with Gasteiger partial charge in [-0.1, -0.05) is 12.1 Å². The zero-order chi connectivity index (χ0) is 24.9. The summed E-state index contributed by atoms with van der Waals surface area (Å²) in [6.45, 7) is 3.24. The molecule has 0 bridgehead atoms. The fourth-order valence-corrected chi connectivity index (χ4v) is 4.12. The maximum Gasteiger partial charge on any atom is 0.274 e. The Kier molecular flexibility index (Phi) is 7.09. The minimum absolute atomic E-state index is 0.0320. The topological polar surface area (TPSA) is 120 Å². The van der Waals surface area contributed by atoms with Gasteiger partial charge in [-0.2, -0.15) is 5.10 Å². The van der Waals surface area contributed by atoms with Gasteiger partial charge in [0.05, 0.1) is 16.8 Å². The van der Waals surface area contributed by atoms with E-state index >= 15 is 0 Å². The van der Waals surface area contributed by atoms with Crippen molar-refractivity contribution in [2.24, 2.45) is 7.05 Å². The molecule has 0 unspecified atom stereocenters. The molecular formula is C25H27N5O5. The molecule has 3 aromatic rings. The Balaban J connectivity index is 1.44. The van der Waals surface area contributed by atoms with Crippen LogP contribution in [0.4, 0.5) is 11.4 Å². The number of benzene rings is 2. The van der Waals surface area contributed by atoms with E-state index < -0.39 is 4.92 Å². The van der Waals surface area contributed by atoms with E-state index in [1.54, 1.807) is 49.2 Å². The van der Waals surface area contributed by atoms with Crippen LogP contribution in [0.1, 0.15) is 51.2 Å². The molecule has 0 aliphatic carbocycles. The SMILES string of the molecule is Cc1cc(OCc2cccc(C(=O)Nc3cnn(C)c3C(=O)N3CCCCC3)c2)ccc1[N+](=O)[O-]. The fourth-order valence-electron chi connectivity index (χ4n) is 4.12. The lowest BCUT2D eigenvalue weighted by Crippen LogP contribution is -2.37. The van der Waals surface area contributed by atoms with E-state index in [0.29, 0.717) is 41.3 Å². The molecule has 1 aliphatic heterocycles. The Labute approximate surface area is 202 Å². The number of hydrogen-bond acceptors (Lipinski definition) is 6. The largest absolute Gasteiger partial charge is 0.489 e. The van der Waals surface area contributed by atoms with Crippen molar-refractivity contribution in [1.82, 2.24) is 14.7 Å². The van der Waals surface area contributed by atoms with Crippen LogP contribution in [0.5, 0.6) is 5.75 Å². The monoisotopic (exact) mass is 477 g/mol. The summed E-state index contributed by atoms with van der Waals surface area (Å²) in [4.78, 5) is 38.4. The lowest BCUT2D eigenvalue weighted by atomic mass is 10.1. The van der Waals surface area contributed by atoms with Crippen LogP contribution in [-0.4, -0.2) is 44.5 Å². The Bertz CT molecular complexity index is 1260. The Hall–Kier alpha value is -4.21. The zero-order valence-corrected chi connectivity index (χ0v) is 19.7. The van der Waals surface area contributed by atoms with Crippen LogP contribution in [0.15, 0.2) is 48.7 Å². The van der Waals surface area contributed by atoms with Gasteiger partial charge >= 0.3 is 0 Å². The number of nitrogens with one attached hydrogen (secondary N) is 1. The summed E-state index contributed by atoms with van der Waals surface area (Å²) in [5.41, 5.74) is 2.43. The van der Waals surface area contributed by atoms with Gasteiger partial charge < -0.3 is 15.0 Å². The van der Waals surface area contributed by atoms with Gasteiger partial charge in [0.1, 0.15) is 18.1 Å². The molecule has 10 nitrogen and oxygen atoms in total. The van der Waals surface area contributed by atoms with Gasteiger partial charge in [-0.3, -0.25) is 24.4 Å². The molecule has 1 N–H and O–H groups in total. The minimum Gasteiger partial charge on any atom is -0.489 e. The number of piperidine rings is 1. The average molecular weight is 478 g/mol. The molecule has 1 fully saturated rings. The third-order valence-corrected chi connectivity index (χ3v) is 5.99. The number of amides is 2. The number of likely N-dealkylation sites (tertiary alicyclic amines) is 1. The maximum absolute atomic E-state index is 13.0. The van der Waals surface area contributed by atoms with Gasteiger partial charge in [-0.15, -0.1) is 0 Å². The molecule has 0 radical (unpaired) electrons. The smallest absolute Gasteiger partial charge is 0.274 e. The summed E-state index contributed by atoms with van der Waals surface area (Å²) >= 11 is 0. The average Bonchev–Trinajstić information content (AvgIpc) is 3.22. The quantitative estimate of drug-likeness (QED) is 0.404. The van der Waals surface area contributed by atoms with Gasteiger partial charge in [0, 0.05) is 37.3 Å². The second-order valence-electron chi connectivity index (χ2n) is 8.53. The van der Waals surface area contributed by atoms with Gasteiger partial charge in [0.2, 0.25) is 0 Å². The highest BCUT2D eigenvalue weighted by Crippen LogP contribution is 2.24. The number of aromatic nitrogens is 2. The number of aryl methyl sites for hydroxylation is 2. The number of anilines is 1. The summed E-state index contributed by atoms with van der Waals surface area (Å²) < 4.78 is 7.25. The highest BCUT2D eigenvalue weighted by molar-refractivity contribution is 6.08. The first-order chi connectivity index (χ1) is 16.8. The second kappa shape index (κ2) is 10.4. The van der Waals surface area contributed by atoms with Crippen molar-refractivity contribution >= 4 is 23.2 Å². The number of nitro groups is 1. The Morgan fingerprint density at radius 1 is 1.14 bits per heavy atom. The van der Waals surface area contributed by atoms with Crippen LogP contribution in [0, 0.1) is 17.0 Å². The van der Waals surface area contributed by atoms with E-state index in [1.165, 1.54) is 16.9 Å². The molecule has 1 saturated heterocycles. The third kappa shape index (κ3) is 5.48. The molecule has 2 heterocycles. The lowest BCUT2D eigenvalue weighted by molar-refractivity contribution is -0.385. The molecule has 2 aromatic carbocycles. The van der Waals surface area contributed by atoms with Crippen LogP contribution in [0.2, 0.25) is 0 Å². The molecule has 182 valence electrons. The van der Waals surface area contributed by atoms with Crippen LogP contribution >= 0.6 is 0 Å². The summed E-state index contributed by atoms with van der Waals surface area (Å²) in [5, 5.41) is 18.0. The molecule has 10 heteroatoms. The molecular weight excluding hydrogens is 450 g/mol. The summed E-state index contributed by atoms with van der Waals surface area (Å²) in [6, 6.07) is 11.5. The van der Waals surface area contributed by atoms with Gasteiger partial charge in [0.15, 0.2) is 0 Å². The molecule has 4 rings (SSSR count). The van der Waals surface area contributed by atoms with Crippen LogP contribution < -0.4 is 10.1 Å². The van der Waals surface area contributed by atoms with Crippen molar-refractivity contribution in [2.45, 2.75) is 32.8 Å². The van der Waals surface area contributed by atoms with E-state index in [-0.39, 0.29) is 24.1 Å². The van der Waals surface area contributed by atoms with Crippen molar-refractivity contribution < 1.29 is 19.2 Å². The van der Waals surface area contributed by atoms with Crippen molar-refractivity contribution in [3.05, 3.63) is 81.2 Å². The summed E-state index contributed by atoms with van der Waals surface area (Å²) in [7, 11) is 1.69. The molecule has 0 atom stereocenters. The van der Waals surface area contributed by atoms with Crippen molar-refractivity contribution in [3.63, 3.8) is 0 Å². The molecule has 0 saturated carbocycles. The van der Waals surface area contributed by atoms with Gasteiger partial charge in [-0.05, 0) is 56.0 Å². The van der Waals surface area contributed by atoms with E-state index in [1.807, 2.05) is 6.07 Å². The molecule has 2 amide bonds.